The highest BCUT2D eigenvalue weighted by Gasteiger charge is 2.09. The van der Waals surface area contributed by atoms with E-state index in [4.69, 9.17) is 0 Å². The Morgan fingerprint density at radius 2 is 2.09 bits per heavy atom. The van der Waals surface area contributed by atoms with Crippen LogP contribution in [0.4, 0.5) is 4.39 Å². The SMILES string of the molecule is C=C(c1ccc2nc(CNC)[nH]c2c1)c1ccc(F)cc1C. The van der Waals surface area contributed by atoms with Crippen LogP contribution in [-0.4, -0.2) is 17.0 Å². The zero-order valence-electron chi connectivity index (χ0n) is 12.7. The van der Waals surface area contributed by atoms with Gasteiger partial charge in [0.05, 0.1) is 17.6 Å². The number of halogens is 1. The summed E-state index contributed by atoms with van der Waals surface area (Å²) in [4.78, 5) is 7.80. The molecule has 2 aromatic carbocycles. The summed E-state index contributed by atoms with van der Waals surface area (Å²) < 4.78 is 13.2. The molecule has 0 saturated heterocycles. The van der Waals surface area contributed by atoms with Gasteiger partial charge >= 0.3 is 0 Å². The fourth-order valence-corrected chi connectivity index (χ4v) is 2.62. The second-order valence-corrected chi connectivity index (χ2v) is 5.38. The zero-order chi connectivity index (χ0) is 15.7. The predicted octanol–water partition coefficient (Wildman–Crippen LogP) is 3.79. The van der Waals surface area contributed by atoms with Gasteiger partial charge in [-0.2, -0.15) is 0 Å². The van der Waals surface area contributed by atoms with Gasteiger partial charge in [0, 0.05) is 0 Å². The Hall–Kier alpha value is -2.46. The maximum Gasteiger partial charge on any atom is 0.123 e. The van der Waals surface area contributed by atoms with Gasteiger partial charge in [0.15, 0.2) is 0 Å². The molecule has 0 saturated carbocycles. The molecule has 0 aliphatic carbocycles. The summed E-state index contributed by atoms with van der Waals surface area (Å²) in [6, 6.07) is 10.8. The summed E-state index contributed by atoms with van der Waals surface area (Å²) in [5.74, 6) is 0.674. The predicted molar refractivity (Wildman–Crippen MR) is 88.1 cm³/mol. The largest absolute Gasteiger partial charge is 0.341 e. The lowest BCUT2D eigenvalue weighted by molar-refractivity contribution is 0.626. The topological polar surface area (TPSA) is 40.7 Å². The van der Waals surface area contributed by atoms with Crippen LogP contribution in [0.2, 0.25) is 0 Å². The normalized spacial score (nSPS) is 11.0. The second-order valence-electron chi connectivity index (χ2n) is 5.38. The molecule has 1 heterocycles. The zero-order valence-corrected chi connectivity index (χ0v) is 12.7. The Balaban J connectivity index is 2.00. The van der Waals surface area contributed by atoms with Crippen molar-refractivity contribution in [3.05, 3.63) is 71.3 Å². The van der Waals surface area contributed by atoms with Gasteiger partial charge in [0.2, 0.25) is 0 Å². The smallest absolute Gasteiger partial charge is 0.123 e. The first kappa shape index (κ1) is 14.5. The lowest BCUT2D eigenvalue weighted by Gasteiger charge is -2.10. The molecule has 0 amide bonds. The lowest BCUT2D eigenvalue weighted by Crippen LogP contribution is -2.06. The van der Waals surface area contributed by atoms with E-state index in [1.807, 2.05) is 32.2 Å². The highest BCUT2D eigenvalue weighted by atomic mass is 19.1. The van der Waals surface area contributed by atoms with E-state index in [9.17, 15) is 4.39 Å². The number of benzene rings is 2. The summed E-state index contributed by atoms with van der Waals surface area (Å²) in [7, 11) is 1.89. The number of hydrogen-bond acceptors (Lipinski definition) is 2. The van der Waals surface area contributed by atoms with Crippen molar-refractivity contribution < 1.29 is 4.39 Å². The minimum Gasteiger partial charge on any atom is -0.341 e. The molecule has 0 aliphatic heterocycles. The van der Waals surface area contributed by atoms with E-state index >= 15 is 0 Å². The van der Waals surface area contributed by atoms with Crippen LogP contribution in [0, 0.1) is 12.7 Å². The average Bonchev–Trinajstić information content (AvgIpc) is 2.88. The van der Waals surface area contributed by atoms with Crippen molar-refractivity contribution in [2.45, 2.75) is 13.5 Å². The van der Waals surface area contributed by atoms with E-state index in [0.717, 1.165) is 39.1 Å². The third-order valence-electron chi connectivity index (χ3n) is 3.74. The van der Waals surface area contributed by atoms with Crippen LogP contribution in [0.15, 0.2) is 43.0 Å². The molecule has 0 atom stereocenters. The molecular formula is C18H18FN3. The van der Waals surface area contributed by atoms with Gasteiger partial charge in [0.1, 0.15) is 11.6 Å². The number of aromatic amines is 1. The van der Waals surface area contributed by atoms with Gasteiger partial charge in [-0.3, -0.25) is 0 Å². The monoisotopic (exact) mass is 295 g/mol. The van der Waals surface area contributed by atoms with Gasteiger partial charge in [-0.05, 0) is 60.5 Å². The minimum atomic E-state index is -0.227. The molecule has 0 spiro atoms. The van der Waals surface area contributed by atoms with Crippen LogP contribution in [0.1, 0.15) is 22.5 Å². The van der Waals surface area contributed by atoms with E-state index in [1.165, 1.54) is 12.1 Å². The van der Waals surface area contributed by atoms with E-state index in [2.05, 4.69) is 21.9 Å². The molecule has 3 nitrogen and oxygen atoms in total. The molecule has 112 valence electrons. The van der Waals surface area contributed by atoms with Gasteiger partial charge in [-0.25, -0.2) is 9.37 Å². The summed E-state index contributed by atoms with van der Waals surface area (Å²) in [5, 5.41) is 3.07. The fourth-order valence-electron chi connectivity index (χ4n) is 2.62. The minimum absolute atomic E-state index is 0.227. The number of rotatable bonds is 4. The van der Waals surface area contributed by atoms with E-state index in [1.54, 1.807) is 6.07 Å². The number of H-pyrrole nitrogens is 1. The molecule has 22 heavy (non-hydrogen) atoms. The Morgan fingerprint density at radius 1 is 1.27 bits per heavy atom. The molecule has 4 heteroatoms. The first-order valence-corrected chi connectivity index (χ1v) is 7.17. The summed E-state index contributed by atoms with van der Waals surface area (Å²) in [5.41, 5.74) is 5.62. The number of fused-ring (bicyclic) bond motifs is 1. The van der Waals surface area contributed by atoms with Crippen molar-refractivity contribution in [3.8, 4) is 0 Å². The summed E-state index contributed by atoms with van der Waals surface area (Å²) in [6.07, 6.45) is 0. The van der Waals surface area contributed by atoms with Crippen LogP contribution < -0.4 is 5.32 Å². The van der Waals surface area contributed by atoms with E-state index in [0.29, 0.717) is 6.54 Å². The maximum absolute atomic E-state index is 13.2. The van der Waals surface area contributed by atoms with Crippen molar-refractivity contribution in [2.24, 2.45) is 0 Å². The van der Waals surface area contributed by atoms with Crippen LogP contribution in [0.3, 0.4) is 0 Å². The third kappa shape index (κ3) is 2.65. The quantitative estimate of drug-likeness (QED) is 0.769. The molecule has 0 bridgehead atoms. The Morgan fingerprint density at radius 3 is 2.82 bits per heavy atom. The Kier molecular flexibility index (Phi) is 3.77. The van der Waals surface area contributed by atoms with E-state index < -0.39 is 0 Å². The first-order valence-electron chi connectivity index (χ1n) is 7.17. The Bertz CT molecular complexity index is 849. The number of nitrogens with one attached hydrogen (secondary N) is 2. The van der Waals surface area contributed by atoms with Gasteiger partial charge in [-0.15, -0.1) is 0 Å². The van der Waals surface area contributed by atoms with Crippen molar-refractivity contribution in [1.82, 2.24) is 15.3 Å². The number of aryl methyl sites for hydroxylation is 1. The molecule has 0 aliphatic rings. The molecule has 1 aromatic heterocycles. The van der Waals surface area contributed by atoms with Crippen molar-refractivity contribution in [3.63, 3.8) is 0 Å². The second kappa shape index (κ2) is 5.73. The molecule has 0 radical (unpaired) electrons. The van der Waals surface area contributed by atoms with Crippen molar-refractivity contribution in [2.75, 3.05) is 7.05 Å². The maximum atomic E-state index is 13.2. The fraction of sp³-hybridized carbons (Fsp3) is 0.167. The lowest BCUT2D eigenvalue weighted by atomic mass is 9.95. The number of hydrogen-bond donors (Lipinski definition) is 2. The van der Waals surface area contributed by atoms with Crippen LogP contribution in [0.5, 0.6) is 0 Å². The molecule has 0 unspecified atom stereocenters. The molecule has 3 aromatic rings. The average molecular weight is 295 g/mol. The highest BCUT2D eigenvalue weighted by Crippen LogP contribution is 2.27. The van der Waals surface area contributed by atoms with Gasteiger partial charge in [-0.1, -0.05) is 18.7 Å². The molecular weight excluding hydrogens is 277 g/mol. The number of imidazole rings is 1. The standard InChI is InChI=1S/C18H18FN3/c1-11-8-14(19)5-6-15(11)12(2)13-4-7-16-17(9-13)22-18(21-16)10-20-3/h4-9,20H,2,10H2,1,3H3,(H,21,22). The first-order chi connectivity index (χ1) is 10.6. The van der Waals surface area contributed by atoms with Crippen molar-refractivity contribution >= 4 is 16.6 Å². The summed E-state index contributed by atoms with van der Waals surface area (Å²) in [6.45, 7) is 6.76. The number of aromatic nitrogens is 2. The van der Waals surface area contributed by atoms with Crippen LogP contribution in [0.25, 0.3) is 16.6 Å². The van der Waals surface area contributed by atoms with Gasteiger partial charge < -0.3 is 10.3 Å². The molecule has 3 rings (SSSR count). The highest BCUT2D eigenvalue weighted by molar-refractivity contribution is 5.86. The van der Waals surface area contributed by atoms with E-state index in [-0.39, 0.29) is 5.82 Å². The number of nitrogens with zero attached hydrogens (tertiary/aromatic N) is 1. The summed E-state index contributed by atoms with van der Waals surface area (Å²) >= 11 is 0. The molecule has 2 N–H and O–H groups in total. The van der Waals surface area contributed by atoms with Gasteiger partial charge in [0.25, 0.3) is 0 Å². The van der Waals surface area contributed by atoms with Crippen LogP contribution >= 0.6 is 0 Å². The van der Waals surface area contributed by atoms with Crippen molar-refractivity contribution in [1.29, 1.82) is 0 Å². The third-order valence-corrected chi connectivity index (χ3v) is 3.74. The van der Waals surface area contributed by atoms with Crippen LogP contribution in [-0.2, 0) is 6.54 Å². The Labute approximate surface area is 128 Å². The molecule has 0 fully saturated rings.